The van der Waals surface area contributed by atoms with Crippen LogP contribution in [0.25, 0.3) is 11.0 Å². The molecule has 0 aliphatic carbocycles. The van der Waals surface area contributed by atoms with Crippen molar-refractivity contribution in [3.05, 3.63) is 23.2 Å². The van der Waals surface area contributed by atoms with E-state index >= 15 is 0 Å². The number of fused-ring (bicyclic) bond motifs is 1. The van der Waals surface area contributed by atoms with Crippen molar-refractivity contribution in [2.24, 2.45) is 0 Å². The van der Waals surface area contributed by atoms with E-state index in [4.69, 9.17) is 16.3 Å². The molecule has 0 N–H and O–H groups in total. The van der Waals surface area contributed by atoms with Crippen LogP contribution in [-0.4, -0.2) is 27.6 Å². The summed E-state index contributed by atoms with van der Waals surface area (Å²) in [5.41, 5.74) is 0.764. The highest BCUT2D eigenvalue weighted by Crippen LogP contribution is 2.27. The molecular formula is C12H14ClN3O2. The first-order valence-electron chi connectivity index (χ1n) is 5.47. The van der Waals surface area contributed by atoms with Crippen molar-refractivity contribution in [1.29, 1.82) is 0 Å². The lowest BCUT2D eigenvalue weighted by atomic mass is 10.1. The minimum atomic E-state index is -0.848. The fourth-order valence-corrected chi connectivity index (χ4v) is 2.04. The van der Waals surface area contributed by atoms with Gasteiger partial charge in [0.25, 0.3) is 0 Å². The van der Waals surface area contributed by atoms with Gasteiger partial charge in [-0.1, -0.05) is 0 Å². The Morgan fingerprint density at radius 1 is 1.50 bits per heavy atom. The molecular weight excluding hydrogens is 254 g/mol. The molecule has 6 heteroatoms. The zero-order valence-corrected chi connectivity index (χ0v) is 11.4. The van der Waals surface area contributed by atoms with Crippen LogP contribution in [0.1, 0.15) is 19.4 Å². The van der Waals surface area contributed by atoms with E-state index < -0.39 is 5.54 Å². The Bertz CT molecular complexity index is 619. The van der Waals surface area contributed by atoms with Crippen molar-refractivity contribution in [2.45, 2.75) is 26.3 Å². The molecule has 5 nitrogen and oxygen atoms in total. The number of esters is 1. The smallest absolute Gasteiger partial charge is 0.331 e. The third kappa shape index (κ3) is 1.84. The van der Waals surface area contributed by atoms with E-state index in [1.807, 2.05) is 13.1 Å². The van der Waals surface area contributed by atoms with E-state index in [0.29, 0.717) is 5.65 Å². The molecule has 0 saturated heterocycles. The maximum Gasteiger partial charge on any atom is 0.331 e. The molecule has 2 heterocycles. The van der Waals surface area contributed by atoms with Gasteiger partial charge < -0.3 is 9.30 Å². The fraction of sp³-hybridized carbons (Fsp3) is 0.417. The molecule has 2 aromatic heterocycles. The summed E-state index contributed by atoms with van der Waals surface area (Å²) in [5, 5.41) is 1.03. The topological polar surface area (TPSA) is 57.0 Å². The molecule has 2 rings (SSSR count). The number of carbonyl (C=O) groups is 1. The van der Waals surface area contributed by atoms with E-state index in [2.05, 4.69) is 9.97 Å². The summed E-state index contributed by atoms with van der Waals surface area (Å²) < 4.78 is 6.58. The van der Waals surface area contributed by atoms with Gasteiger partial charge in [0.15, 0.2) is 0 Å². The van der Waals surface area contributed by atoms with Gasteiger partial charge in [0, 0.05) is 17.8 Å². The van der Waals surface area contributed by atoms with Crippen LogP contribution in [-0.2, 0) is 15.1 Å². The zero-order valence-electron chi connectivity index (χ0n) is 10.7. The predicted molar refractivity (Wildman–Crippen MR) is 68.6 cm³/mol. The minimum absolute atomic E-state index is 0.155. The number of halogens is 1. The van der Waals surface area contributed by atoms with Crippen molar-refractivity contribution in [3.8, 4) is 0 Å². The van der Waals surface area contributed by atoms with Crippen molar-refractivity contribution >= 4 is 28.6 Å². The van der Waals surface area contributed by atoms with Crippen molar-refractivity contribution in [2.75, 3.05) is 7.11 Å². The Hall–Kier alpha value is -1.62. The number of hydrogen-bond acceptors (Lipinski definition) is 4. The molecule has 2 aromatic rings. The summed E-state index contributed by atoms with van der Waals surface area (Å²) >= 11 is 5.81. The van der Waals surface area contributed by atoms with Crippen LogP contribution in [0.4, 0.5) is 0 Å². The number of aryl methyl sites for hydroxylation is 1. The monoisotopic (exact) mass is 267 g/mol. The Kier molecular flexibility index (Phi) is 3.02. The van der Waals surface area contributed by atoms with Gasteiger partial charge in [0.05, 0.1) is 7.11 Å². The molecule has 0 saturated carbocycles. The average molecular weight is 268 g/mol. The number of carbonyl (C=O) groups excluding carboxylic acids is 1. The first-order valence-corrected chi connectivity index (χ1v) is 5.85. The maximum absolute atomic E-state index is 11.9. The van der Waals surface area contributed by atoms with Gasteiger partial charge in [-0.3, -0.25) is 0 Å². The van der Waals surface area contributed by atoms with Crippen LogP contribution in [0, 0.1) is 6.92 Å². The summed E-state index contributed by atoms with van der Waals surface area (Å²) in [6.45, 7) is 5.48. The lowest BCUT2D eigenvalue weighted by Crippen LogP contribution is -2.36. The number of hydrogen-bond donors (Lipinski definition) is 0. The Balaban J connectivity index is 2.72. The number of ether oxygens (including phenoxy) is 1. The average Bonchev–Trinajstić information content (AvgIpc) is 2.65. The molecule has 0 amide bonds. The van der Waals surface area contributed by atoms with Gasteiger partial charge in [0.1, 0.15) is 11.2 Å². The zero-order chi connectivity index (χ0) is 13.5. The molecule has 0 bridgehead atoms. The molecule has 0 spiro atoms. The van der Waals surface area contributed by atoms with Gasteiger partial charge in [-0.05, 0) is 37.9 Å². The quantitative estimate of drug-likeness (QED) is 0.619. The first-order chi connectivity index (χ1) is 8.37. The molecule has 0 fully saturated rings. The molecule has 0 atom stereocenters. The number of rotatable bonds is 2. The van der Waals surface area contributed by atoms with Crippen LogP contribution in [0.2, 0.25) is 5.28 Å². The van der Waals surface area contributed by atoms with Gasteiger partial charge in [0.2, 0.25) is 5.28 Å². The Labute approximate surface area is 110 Å². The van der Waals surface area contributed by atoms with Crippen LogP contribution >= 0.6 is 11.6 Å². The second kappa shape index (κ2) is 4.24. The normalized spacial score (nSPS) is 11.8. The van der Waals surface area contributed by atoms with Gasteiger partial charge in [-0.2, -0.15) is 4.98 Å². The summed E-state index contributed by atoms with van der Waals surface area (Å²) in [5.74, 6) is -0.339. The van der Waals surface area contributed by atoms with Gasteiger partial charge in [-0.15, -0.1) is 0 Å². The lowest BCUT2D eigenvalue weighted by Gasteiger charge is -2.24. The fourth-order valence-electron chi connectivity index (χ4n) is 1.91. The SMILES string of the molecule is COC(=O)C(C)(C)n1cc(C)c2cnc(Cl)nc21. The van der Waals surface area contributed by atoms with Crippen molar-refractivity contribution in [3.63, 3.8) is 0 Å². The van der Waals surface area contributed by atoms with Gasteiger partial charge in [-0.25, -0.2) is 9.78 Å². The Morgan fingerprint density at radius 2 is 2.17 bits per heavy atom. The third-order valence-electron chi connectivity index (χ3n) is 3.00. The minimum Gasteiger partial charge on any atom is -0.467 e. The number of aromatic nitrogens is 3. The standard InChI is InChI=1S/C12H14ClN3O2/c1-7-6-16(12(2,3)10(17)18-4)9-8(7)5-14-11(13)15-9/h5-6H,1-4H3. The molecule has 0 aliphatic heterocycles. The van der Waals surface area contributed by atoms with Crippen molar-refractivity contribution < 1.29 is 9.53 Å². The maximum atomic E-state index is 11.9. The second-order valence-corrected chi connectivity index (χ2v) is 4.95. The first kappa shape index (κ1) is 12.8. The van der Waals surface area contributed by atoms with Crippen LogP contribution in [0.3, 0.4) is 0 Å². The van der Waals surface area contributed by atoms with Crippen LogP contribution < -0.4 is 0 Å². The number of nitrogens with zero attached hydrogens (tertiary/aromatic N) is 3. The van der Waals surface area contributed by atoms with E-state index in [0.717, 1.165) is 10.9 Å². The second-order valence-electron chi connectivity index (χ2n) is 4.61. The lowest BCUT2D eigenvalue weighted by molar-refractivity contribution is -0.149. The third-order valence-corrected chi connectivity index (χ3v) is 3.18. The van der Waals surface area contributed by atoms with E-state index in [9.17, 15) is 4.79 Å². The summed E-state index contributed by atoms with van der Waals surface area (Å²) in [4.78, 5) is 20.0. The molecule has 0 unspecified atom stereocenters. The predicted octanol–water partition coefficient (Wildman–Crippen LogP) is 2.30. The number of methoxy groups -OCH3 is 1. The highest BCUT2D eigenvalue weighted by atomic mass is 35.5. The molecule has 0 aromatic carbocycles. The van der Waals surface area contributed by atoms with Crippen LogP contribution in [0.5, 0.6) is 0 Å². The van der Waals surface area contributed by atoms with E-state index in [1.165, 1.54) is 7.11 Å². The van der Waals surface area contributed by atoms with E-state index in [1.54, 1.807) is 24.6 Å². The summed E-state index contributed by atoms with van der Waals surface area (Å²) in [6.07, 6.45) is 3.51. The largest absolute Gasteiger partial charge is 0.467 e. The van der Waals surface area contributed by atoms with Crippen molar-refractivity contribution in [1.82, 2.24) is 14.5 Å². The molecule has 18 heavy (non-hydrogen) atoms. The molecule has 0 aliphatic rings. The molecule has 96 valence electrons. The summed E-state index contributed by atoms with van der Waals surface area (Å²) in [7, 11) is 1.37. The highest BCUT2D eigenvalue weighted by Gasteiger charge is 2.32. The van der Waals surface area contributed by atoms with Gasteiger partial charge >= 0.3 is 5.97 Å². The van der Waals surface area contributed by atoms with E-state index in [-0.39, 0.29) is 11.3 Å². The highest BCUT2D eigenvalue weighted by molar-refractivity contribution is 6.28. The molecule has 0 radical (unpaired) electrons. The summed E-state index contributed by atoms with van der Waals surface area (Å²) in [6, 6.07) is 0. The Morgan fingerprint density at radius 3 is 2.78 bits per heavy atom. The van der Waals surface area contributed by atoms with Crippen LogP contribution in [0.15, 0.2) is 12.4 Å².